The second-order valence-corrected chi connectivity index (χ2v) is 4.87. The molecule has 0 aliphatic carbocycles. The number of benzene rings is 1. The lowest BCUT2D eigenvalue weighted by molar-refractivity contribution is -0.137. The van der Waals surface area contributed by atoms with Crippen LogP contribution in [0, 0.1) is 11.3 Å². The summed E-state index contributed by atoms with van der Waals surface area (Å²) in [6.45, 7) is 2.26. The van der Waals surface area contributed by atoms with Crippen LogP contribution in [-0.4, -0.2) is 35.1 Å². The maximum atomic E-state index is 12.0. The Hall–Kier alpha value is -2.07. The summed E-state index contributed by atoms with van der Waals surface area (Å²) in [6, 6.07) is 6.48. The van der Waals surface area contributed by atoms with E-state index in [1.165, 1.54) is 4.90 Å². The predicted molar refractivity (Wildman–Crippen MR) is 77.4 cm³/mol. The molecular formula is C13H14BrN3O3. The molecule has 20 heavy (non-hydrogen) atoms. The minimum Gasteiger partial charge on any atom is -0.481 e. The number of aliphatic carboxylic acids is 1. The third-order valence-electron chi connectivity index (χ3n) is 2.61. The number of carboxylic acids is 1. The first kappa shape index (κ1) is 16.0. The SMILES string of the molecule is CCN(CCC(=O)O)C(=O)Nc1cc(Br)ccc1C#N. The smallest absolute Gasteiger partial charge is 0.321 e. The van der Waals surface area contributed by atoms with Crippen LogP contribution >= 0.6 is 15.9 Å². The molecular weight excluding hydrogens is 326 g/mol. The van der Waals surface area contributed by atoms with E-state index in [0.29, 0.717) is 17.8 Å². The van der Waals surface area contributed by atoms with Gasteiger partial charge in [-0.2, -0.15) is 5.26 Å². The van der Waals surface area contributed by atoms with Crippen LogP contribution < -0.4 is 5.32 Å². The summed E-state index contributed by atoms with van der Waals surface area (Å²) >= 11 is 3.27. The van der Waals surface area contributed by atoms with Crippen LogP contribution in [-0.2, 0) is 4.79 Å². The number of nitrogens with zero attached hydrogens (tertiary/aromatic N) is 2. The number of carbonyl (C=O) groups excluding carboxylic acids is 1. The number of rotatable bonds is 5. The zero-order valence-corrected chi connectivity index (χ0v) is 12.5. The van der Waals surface area contributed by atoms with Crippen molar-refractivity contribution < 1.29 is 14.7 Å². The number of carbonyl (C=O) groups is 2. The Kier molecular flexibility index (Phi) is 6.00. The van der Waals surface area contributed by atoms with Gasteiger partial charge in [0.2, 0.25) is 0 Å². The third kappa shape index (κ3) is 4.55. The molecule has 0 aromatic heterocycles. The highest BCUT2D eigenvalue weighted by Gasteiger charge is 2.14. The van der Waals surface area contributed by atoms with E-state index < -0.39 is 12.0 Å². The van der Waals surface area contributed by atoms with Gasteiger partial charge in [-0.3, -0.25) is 4.79 Å². The molecule has 7 heteroatoms. The second-order valence-electron chi connectivity index (χ2n) is 3.96. The third-order valence-corrected chi connectivity index (χ3v) is 3.10. The van der Waals surface area contributed by atoms with Crippen LogP contribution in [0.1, 0.15) is 18.9 Å². The van der Waals surface area contributed by atoms with Crippen molar-refractivity contribution in [2.75, 3.05) is 18.4 Å². The van der Waals surface area contributed by atoms with E-state index in [0.717, 1.165) is 4.47 Å². The summed E-state index contributed by atoms with van der Waals surface area (Å²) < 4.78 is 0.736. The summed E-state index contributed by atoms with van der Waals surface area (Å²) in [5, 5.41) is 20.2. The molecule has 0 radical (unpaired) electrons. The molecule has 0 saturated heterocycles. The van der Waals surface area contributed by atoms with E-state index in [4.69, 9.17) is 10.4 Å². The molecule has 106 valence electrons. The normalized spacial score (nSPS) is 9.65. The van der Waals surface area contributed by atoms with E-state index in [-0.39, 0.29) is 13.0 Å². The molecule has 0 heterocycles. The van der Waals surface area contributed by atoms with E-state index in [2.05, 4.69) is 21.2 Å². The van der Waals surface area contributed by atoms with Gasteiger partial charge in [0.15, 0.2) is 0 Å². The topological polar surface area (TPSA) is 93.4 Å². The molecule has 0 aliphatic heterocycles. The minimum absolute atomic E-state index is 0.119. The van der Waals surface area contributed by atoms with Crippen LogP contribution in [0.3, 0.4) is 0 Å². The van der Waals surface area contributed by atoms with Crippen LogP contribution in [0.4, 0.5) is 10.5 Å². The van der Waals surface area contributed by atoms with E-state index in [1.54, 1.807) is 25.1 Å². The maximum Gasteiger partial charge on any atom is 0.321 e. The number of urea groups is 1. The Bertz CT molecular complexity index is 554. The van der Waals surface area contributed by atoms with E-state index in [9.17, 15) is 9.59 Å². The van der Waals surface area contributed by atoms with Crippen molar-refractivity contribution in [1.82, 2.24) is 4.90 Å². The Morgan fingerprint density at radius 2 is 2.20 bits per heavy atom. The summed E-state index contributed by atoms with van der Waals surface area (Å²) in [7, 11) is 0. The Morgan fingerprint density at radius 1 is 1.50 bits per heavy atom. The van der Waals surface area contributed by atoms with Crippen molar-refractivity contribution in [3.63, 3.8) is 0 Å². The molecule has 2 N–H and O–H groups in total. The molecule has 2 amide bonds. The standard InChI is InChI=1S/C13H14BrN3O3/c1-2-17(6-5-12(18)19)13(20)16-11-7-10(14)4-3-9(11)8-15/h3-4,7H,2,5-6H2,1H3,(H,16,20)(H,18,19). The number of halogens is 1. The van der Waals surface area contributed by atoms with Gasteiger partial charge in [0.1, 0.15) is 6.07 Å². The monoisotopic (exact) mass is 339 g/mol. The van der Waals surface area contributed by atoms with E-state index >= 15 is 0 Å². The average Bonchev–Trinajstić information content (AvgIpc) is 2.39. The fourth-order valence-electron chi connectivity index (χ4n) is 1.55. The van der Waals surface area contributed by atoms with Gasteiger partial charge in [0.25, 0.3) is 0 Å². The number of amides is 2. The van der Waals surface area contributed by atoms with Crippen molar-refractivity contribution in [2.45, 2.75) is 13.3 Å². The lowest BCUT2D eigenvalue weighted by Gasteiger charge is -2.21. The van der Waals surface area contributed by atoms with Crippen LogP contribution in [0.25, 0.3) is 0 Å². The Balaban J connectivity index is 2.81. The first-order valence-corrected chi connectivity index (χ1v) is 6.74. The maximum absolute atomic E-state index is 12.0. The Morgan fingerprint density at radius 3 is 2.75 bits per heavy atom. The van der Waals surface area contributed by atoms with Gasteiger partial charge in [-0.15, -0.1) is 0 Å². The van der Waals surface area contributed by atoms with Gasteiger partial charge in [0.05, 0.1) is 17.7 Å². The lowest BCUT2D eigenvalue weighted by Crippen LogP contribution is -2.36. The highest BCUT2D eigenvalue weighted by molar-refractivity contribution is 9.10. The van der Waals surface area contributed by atoms with Crippen molar-refractivity contribution in [3.05, 3.63) is 28.2 Å². The quantitative estimate of drug-likeness (QED) is 0.862. The molecule has 0 unspecified atom stereocenters. The Labute approximate surface area is 125 Å². The molecule has 0 atom stereocenters. The molecule has 0 spiro atoms. The number of carboxylic acid groups (broad SMARTS) is 1. The van der Waals surface area contributed by atoms with Crippen molar-refractivity contribution in [2.24, 2.45) is 0 Å². The summed E-state index contributed by atoms with van der Waals surface area (Å²) in [5.74, 6) is -0.962. The number of nitrogens with one attached hydrogen (secondary N) is 1. The summed E-state index contributed by atoms with van der Waals surface area (Å²) in [5.41, 5.74) is 0.733. The molecule has 0 bridgehead atoms. The van der Waals surface area contributed by atoms with Crippen molar-refractivity contribution >= 4 is 33.6 Å². The highest BCUT2D eigenvalue weighted by Crippen LogP contribution is 2.21. The van der Waals surface area contributed by atoms with Crippen molar-refractivity contribution in [3.8, 4) is 6.07 Å². The zero-order chi connectivity index (χ0) is 15.1. The number of anilines is 1. The molecule has 0 fully saturated rings. The number of hydrogen-bond donors (Lipinski definition) is 2. The largest absolute Gasteiger partial charge is 0.481 e. The van der Waals surface area contributed by atoms with Gasteiger partial charge in [-0.1, -0.05) is 15.9 Å². The fraction of sp³-hybridized carbons (Fsp3) is 0.308. The van der Waals surface area contributed by atoms with Gasteiger partial charge in [-0.05, 0) is 25.1 Å². The van der Waals surface area contributed by atoms with Crippen molar-refractivity contribution in [1.29, 1.82) is 5.26 Å². The predicted octanol–water partition coefficient (Wildman–Crippen LogP) is 2.65. The molecule has 1 aromatic carbocycles. The average molecular weight is 340 g/mol. The molecule has 0 saturated carbocycles. The first-order chi connectivity index (χ1) is 9.47. The second kappa shape index (κ2) is 7.50. The fourth-order valence-corrected chi connectivity index (χ4v) is 1.91. The molecule has 1 aromatic rings. The zero-order valence-electron chi connectivity index (χ0n) is 10.9. The molecule has 0 aliphatic rings. The molecule has 6 nitrogen and oxygen atoms in total. The number of nitriles is 1. The van der Waals surface area contributed by atoms with Crippen LogP contribution in [0.2, 0.25) is 0 Å². The summed E-state index contributed by atoms with van der Waals surface area (Å²) in [4.78, 5) is 23.9. The van der Waals surface area contributed by atoms with Gasteiger partial charge >= 0.3 is 12.0 Å². The summed E-state index contributed by atoms with van der Waals surface area (Å²) in [6.07, 6.45) is -0.120. The lowest BCUT2D eigenvalue weighted by atomic mass is 10.2. The van der Waals surface area contributed by atoms with Gasteiger partial charge in [0, 0.05) is 17.6 Å². The van der Waals surface area contributed by atoms with Crippen LogP contribution in [0.5, 0.6) is 0 Å². The minimum atomic E-state index is -0.962. The van der Waals surface area contributed by atoms with Gasteiger partial charge in [-0.25, -0.2) is 4.79 Å². The highest BCUT2D eigenvalue weighted by atomic mass is 79.9. The number of hydrogen-bond acceptors (Lipinski definition) is 3. The van der Waals surface area contributed by atoms with Gasteiger partial charge < -0.3 is 15.3 Å². The van der Waals surface area contributed by atoms with E-state index in [1.807, 2.05) is 6.07 Å². The molecule has 1 rings (SSSR count). The van der Waals surface area contributed by atoms with Crippen LogP contribution in [0.15, 0.2) is 22.7 Å². The first-order valence-electron chi connectivity index (χ1n) is 5.95.